The van der Waals surface area contributed by atoms with Gasteiger partial charge in [0.15, 0.2) is 5.71 Å². The summed E-state index contributed by atoms with van der Waals surface area (Å²) in [6.45, 7) is 20.1. The molecule has 35 heteroatoms. The number of carbonyl (C=O) groups excluding carboxylic acids is 2. The number of phosphoric acid groups is 3. The van der Waals surface area contributed by atoms with E-state index in [1.807, 2.05) is 26.0 Å². The van der Waals surface area contributed by atoms with Gasteiger partial charge in [-0.3, -0.25) is 28.5 Å². The van der Waals surface area contributed by atoms with Crippen molar-refractivity contribution in [1.29, 1.82) is 0 Å². The fourth-order valence-corrected chi connectivity index (χ4v) is 16.4. The summed E-state index contributed by atoms with van der Waals surface area (Å²) in [6.07, 6.45) is 11.6. The molecule has 6 rings (SSSR count). The van der Waals surface area contributed by atoms with Gasteiger partial charge in [0, 0.05) is 130 Å². The van der Waals surface area contributed by atoms with Crippen LogP contribution in [0.3, 0.4) is 0 Å². The molecular formula is C59H88N6O22P3S4+. The molecule has 3 aliphatic rings. The molecule has 1 fully saturated rings. The van der Waals surface area contributed by atoms with Crippen LogP contribution in [0.2, 0.25) is 0 Å². The van der Waals surface area contributed by atoms with Gasteiger partial charge in [-0.05, 0) is 96.4 Å². The Labute approximate surface area is 563 Å². The number of unbranched alkanes of at least 4 members (excludes halogenated alkanes) is 2. The van der Waals surface area contributed by atoms with Crippen molar-refractivity contribution in [1.82, 2.24) is 20.2 Å². The molecule has 2 unspecified atom stereocenters. The zero-order chi connectivity index (χ0) is 68.9. The minimum Gasteiger partial charge on any atom is -0.379 e. The van der Waals surface area contributed by atoms with Crippen LogP contribution in [0.5, 0.6) is 0 Å². The first-order valence-corrected chi connectivity index (χ1v) is 38.7. The quantitative estimate of drug-likeness (QED) is 0.00485. The molecule has 2 amide bonds. The first kappa shape index (κ1) is 79.2. The second-order valence-electron chi connectivity index (χ2n) is 23.5. The highest BCUT2D eigenvalue weighted by Gasteiger charge is 2.46. The molecule has 0 saturated carbocycles. The molecule has 5 atom stereocenters. The summed E-state index contributed by atoms with van der Waals surface area (Å²) >= 11 is 1.51. The van der Waals surface area contributed by atoms with Crippen LogP contribution in [-0.4, -0.2) is 169 Å². The number of nitrogens with zero attached hydrogens (tertiary/aromatic N) is 3. The van der Waals surface area contributed by atoms with Crippen LogP contribution in [0.25, 0.3) is 0 Å². The summed E-state index contributed by atoms with van der Waals surface area (Å²) in [5, 5.41) is 5.81. The molecule has 3 aliphatic heterocycles. The van der Waals surface area contributed by atoms with Crippen molar-refractivity contribution in [2.45, 2.75) is 138 Å². The number of nitrogens with one attached hydrogen (secondary N) is 3. The molecule has 28 nitrogen and oxygen atoms in total. The van der Waals surface area contributed by atoms with E-state index < -0.39 is 64.5 Å². The van der Waals surface area contributed by atoms with Gasteiger partial charge < -0.3 is 72.6 Å². The van der Waals surface area contributed by atoms with E-state index in [4.69, 9.17) is 42.7 Å². The number of amides is 2. The van der Waals surface area contributed by atoms with Gasteiger partial charge in [0.1, 0.15) is 24.8 Å². The lowest BCUT2D eigenvalue weighted by Gasteiger charge is -2.25. The number of carbonyl (C=O) groups is 2. The summed E-state index contributed by atoms with van der Waals surface area (Å²) in [5.41, 5.74) is 5.14. The van der Waals surface area contributed by atoms with Crippen LogP contribution >= 0.6 is 69.1 Å². The van der Waals surface area contributed by atoms with Crippen LogP contribution in [0, 0.1) is 6.92 Å². The molecular weight excluding hydrogens is 1370 g/mol. The highest BCUT2D eigenvalue weighted by Crippen LogP contribution is 2.66. The maximum Gasteiger partial charge on any atom is 0.490 e. The topological polar surface area (TPSA) is 375 Å². The molecule has 4 heterocycles. The van der Waals surface area contributed by atoms with Crippen molar-refractivity contribution in [2.75, 3.05) is 96.5 Å². The number of aromatic amines is 1. The zero-order valence-corrected chi connectivity index (χ0v) is 59.8. The predicted molar refractivity (Wildman–Crippen MR) is 361 cm³/mol. The molecule has 1 aromatic heterocycles. The second-order valence-corrected chi connectivity index (χ2v) is 32.2. The van der Waals surface area contributed by atoms with Gasteiger partial charge in [0.25, 0.3) is 5.56 Å². The summed E-state index contributed by atoms with van der Waals surface area (Å²) in [4.78, 5) is 93.1. The van der Waals surface area contributed by atoms with Crippen molar-refractivity contribution >= 4 is 98.0 Å². The Bertz CT molecular complexity index is 3450. The predicted octanol–water partition coefficient (Wildman–Crippen LogP) is 9.25. The van der Waals surface area contributed by atoms with Crippen LogP contribution < -0.4 is 26.8 Å². The number of rotatable bonds is 42. The largest absolute Gasteiger partial charge is 0.490 e. The molecule has 0 spiro atoms. The average molecular weight is 1450 g/mol. The number of ether oxygens (including phenoxy) is 6. The summed E-state index contributed by atoms with van der Waals surface area (Å²) in [5.74, 6) is -0.269. The Morgan fingerprint density at radius 1 is 0.798 bits per heavy atom. The van der Waals surface area contributed by atoms with Gasteiger partial charge in [0.05, 0.1) is 71.0 Å². The van der Waals surface area contributed by atoms with E-state index in [9.17, 15) is 51.8 Å². The van der Waals surface area contributed by atoms with E-state index in [1.165, 1.54) is 46.0 Å². The van der Waals surface area contributed by atoms with Crippen LogP contribution in [0.1, 0.15) is 110 Å². The number of anilines is 1. The number of phosphoric ester groups is 1. The molecule has 3 aromatic rings. The monoisotopic (exact) mass is 1450 g/mol. The first-order chi connectivity index (χ1) is 44.4. The SMILES string of the molecule is CCN1/C(=C/C=C/C=C/C2=[N+](CCCCCC(=O)NCCOCCOCCOCCOCCC(=O)NCC(C)(C)SSCO[C@@H]3C[C@H](n4cc(C)c(=O)[nH]c4=O)O[C@@H]3COP(=O)(O)OP(=O)(O)OP(=O)(O)O)c3ccc(SO)cc3C2(C)C)C(C)(C)c2cc(SO)ccc21. The minimum atomic E-state index is -5.79. The van der Waals surface area contributed by atoms with E-state index >= 15 is 0 Å². The zero-order valence-electron chi connectivity index (χ0n) is 53.8. The third-order valence-corrected chi connectivity index (χ3v) is 22.9. The van der Waals surface area contributed by atoms with Crippen molar-refractivity contribution in [2.24, 2.45) is 0 Å². The molecule has 0 radical (unpaired) electrons. The van der Waals surface area contributed by atoms with Gasteiger partial charge in [-0.25, -0.2) is 18.5 Å². The molecule has 9 N–H and O–H groups in total. The van der Waals surface area contributed by atoms with Crippen LogP contribution in [0.15, 0.2) is 98.1 Å². The van der Waals surface area contributed by atoms with Crippen LogP contribution in [0.4, 0.5) is 11.4 Å². The Balaban J connectivity index is 0.781. The van der Waals surface area contributed by atoms with E-state index in [0.717, 1.165) is 93.4 Å². The third-order valence-electron chi connectivity index (χ3n) is 15.2. The highest BCUT2D eigenvalue weighted by atomic mass is 33.1. The molecule has 2 aromatic carbocycles. The fourth-order valence-electron chi connectivity index (χ4n) is 10.6. The number of benzene rings is 2. The number of hydrogen-bond acceptors (Lipinski definition) is 23. The maximum absolute atomic E-state index is 12.7. The van der Waals surface area contributed by atoms with Gasteiger partial charge in [-0.1, -0.05) is 53.7 Å². The summed E-state index contributed by atoms with van der Waals surface area (Å²) in [7, 11) is -14.3. The molecule has 1 saturated heterocycles. The molecule has 524 valence electrons. The Morgan fingerprint density at radius 2 is 1.44 bits per heavy atom. The van der Waals surface area contributed by atoms with Gasteiger partial charge in [0.2, 0.25) is 17.5 Å². The standard InChI is InChI=1S/C59H87N6O22P3S4/c1-9-63-46-21-19-42(92-77)34-44(46)58(5,6)50(63)16-12-10-13-17-51-59(7,8)45-35-43(93-78)20-22-47(45)64(51)25-15-11-14-18-52(66)60-24-27-80-29-31-82-33-32-81-30-28-79-26-23-53(67)61-39-57(3,4)94-91-40-83-48-36-54(65-37-41(2)55(68)62-56(65)69)85-49(48)38-84-89(73,74)87-90(75,76)86-88(70,71)72/h10,12-13,16-17,19-22,34-35,37,48-49,54H,9,11,14-15,18,23-33,36,38-40H2,1-8H3,(H8-,60,61,62,66,67,68,69,70,71,72,73,74,75,76,77,78)/p+1/t48-,49-,54-/m1/s1. The number of likely N-dealkylation sites (N-methyl/N-ethyl adjacent to an activating group) is 1. The number of aromatic nitrogens is 2. The maximum atomic E-state index is 12.7. The number of H-pyrrole nitrogens is 1. The summed E-state index contributed by atoms with van der Waals surface area (Å²) in [6, 6.07) is 12.2. The minimum absolute atomic E-state index is 0.00870. The Hall–Kier alpha value is -3.76. The number of aryl methyl sites for hydroxylation is 1. The Kier molecular flexibility index (Phi) is 31.1. The van der Waals surface area contributed by atoms with Gasteiger partial charge >= 0.3 is 29.2 Å². The van der Waals surface area contributed by atoms with E-state index in [-0.39, 0.29) is 66.7 Å². The lowest BCUT2D eigenvalue weighted by molar-refractivity contribution is -0.438. The van der Waals surface area contributed by atoms with Crippen molar-refractivity contribution in [3.05, 3.63) is 116 Å². The second kappa shape index (κ2) is 36.9. The van der Waals surface area contributed by atoms with E-state index in [1.54, 1.807) is 0 Å². The lowest BCUT2D eigenvalue weighted by atomic mass is 9.81. The summed E-state index contributed by atoms with van der Waals surface area (Å²) < 4.78 is 104. The average Bonchev–Trinajstić information content (AvgIpc) is 1.60. The van der Waals surface area contributed by atoms with E-state index in [0.29, 0.717) is 52.6 Å². The fraction of sp³-hybridized carbons (Fsp3) is 0.576. The van der Waals surface area contributed by atoms with Crippen LogP contribution in [-0.2, 0) is 75.7 Å². The van der Waals surface area contributed by atoms with Gasteiger partial charge in [-0.15, -0.1) is 0 Å². The smallest absolute Gasteiger partial charge is 0.379 e. The van der Waals surface area contributed by atoms with Crippen molar-refractivity contribution in [3.63, 3.8) is 0 Å². The Morgan fingerprint density at radius 3 is 2.10 bits per heavy atom. The molecule has 0 aliphatic carbocycles. The lowest BCUT2D eigenvalue weighted by Crippen LogP contribution is -2.36. The van der Waals surface area contributed by atoms with Gasteiger partial charge in [-0.2, -0.15) is 13.2 Å². The van der Waals surface area contributed by atoms with E-state index in [2.05, 4.69) is 123 Å². The third kappa shape index (κ3) is 24.3. The first-order valence-electron chi connectivity index (χ1n) is 30.3. The van der Waals surface area contributed by atoms with Crippen molar-refractivity contribution < 1.29 is 98.1 Å². The number of fused-ring (bicyclic) bond motifs is 2. The van der Waals surface area contributed by atoms with Crippen molar-refractivity contribution in [3.8, 4) is 0 Å². The number of allylic oxidation sites excluding steroid dienone is 6. The molecule has 0 bridgehead atoms. The molecule has 94 heavy (non-hydrogen) atoms. The normalized spacial score (nSPS) is 19.5. The highest BCUT2D eigenvalue weighted by molar-refractivity contribution is 8.77. The number of hydrogen-bond donors (Lipinski definition) is 9.